The van der Waals surface area contributed by atoms with Gasteiger partial charge in [-0.2, -0.15) is 0 Å². The molecular weight excluding hydrogens is 514 g/mol. The van der Waals surface area contributed by atoms with Crippen LogP contribution in [0, 0.1) is 38.7 Å². The Hall–Kier alpha value is -2.62. The third-order valence-electron chi connectivity index (χ3n) is 10.2. The van der Waals surface area contributed by atoms with E-state index in [0.29, 0.717) is 19.3 Å². The molecule has 38 heavy (non-hydrogen) atoms. The number of rotatable bonds is 5. The van der Waals surface area contributed by atoms with Gasteiger partial charge in [0.1, 0.15) is 5.60 Å². The Bertz CT molecular complexity index is 1260. The van der Waals surface area contributed by atoms with Crippen molar-refractivity contribution >= 4 is 34.8 Å². The molecule has 3 saturated carbocycles. The lowest BCUT2D eigenvalue weighted by Gasteiger charge is -2.60. The predicted octanol–water partition coefficient (Wildman–Crippen LogP) is 4.21. The predicted molar refractivity (Wildman–Crippen MR) is 136 cm³/mol. The zero-order valence-corrected chi connectivity index (χ0v) is 22.2. The van der Waals surface area contributed by atoms with Gasteiger partial charge in [-0.25, -0.2) is 4.79 Å². The Morgan fingerprint density at radius 2 is 1.95 bits per heavy atom. The Morgan fingerprint density at radius 1 is 1.21 bits per heavy atom. The summed E-state index contributed by atoms with van der Waals surface area (Å²) >= 11 is 6.01. The number of ether oxygens (including phenoxy) is 1. The van der Waals surface area contributed by atoms with Crippen molar-refractivity contribution in [3.05, 3.63) is 50.5 Å². The Kier molecular flexibility index (Phi) is 6.56. The van der Waals surface area contributed by atoms with Gasteiger partial charge in [-0.1, -0.05) is 31.0 Å². The lowest BCUT2D eigenvalue weighted by atomic mass is 9.45. The summed E-state index contributed by atoms with van der Waals surface area (Å²) in [5, 5.41) is 34.0. The van der Waals surface area contributed by atoms with Crippen molar-refractivity contribution in [2.45, 2.75) is 70.5 Å². The summed E-state index contributed by atoms with van der Waals surface area (Å²) < 4.78 is 5.20. The topological polar surface area (TPSA) is 144 Å². The van der Waals surface area contributed by atoms with Crippen molar-refractivity contribution in [3.63, 3.8) is 0 Å². The summed E-state index contributed by atoms with van der Waals surface area (Å²) in [5.41, 5.74) is -2.24. The molecule has 5 rings (SSSR count). The smallest absolute Gasteiger partial charge is 0.340 e. The number of halogens is 1. The van der Waals surface area contributed by atoms with Crippen LogP contribution in [0.4, 0.5) is 5.69 Å². The number of ketones is 2. The molecule has 0 aliphatic heterocycles. The van der Waals surface area contributed by atoms with Crippen LogP contribution in [0.15, 0.2) is 29.8 Å². The number of nitro benzene ring substituents is 1. The second-order valence-corrected chi connectivity index (χ2v) is 12.3. The monoisotopic (exact) mass is 545 g/mol. The van der Waals surface area contributed by atoms with Crippen LogP contribution >= 0.6 is 11.6 Å². The van der Waals surface area contributed by atoms with Gasteiger partial charge < -0.3 is 14.9 Å². The van der Waals surface area contributed by atoms with E-state index in [1.165, 1.54) is 0 Å². The molecular formula is C28H32ClNO8. The van der Waals surface area contributed by atoms with Gasteiger partial charge in [-0.05, 0) is 73.8 Å². The average Bonchev–Trinajstić information content (AvgIpc) is 3.13. The fourth-order valence-electron chi connectivity index (χ4n) is 8.26. The van der Waals surface area contributed by atoms with Gasteiger partial charge in [0.15, 0.2) is 12.4 Å². The number of carbonyl (C=O) groups excluding carboxylic acids is 3. The Labute approximate surface area is 225 Å². The number of carbonyl (C=O) groups is 3. The van der Waals surface area contributed by atoms with E-state index in [1.54, 1.807) is 6.08 Å². The van der Waals surface area contributed by atoms with Crippen LogP contribution in [0.2, 0.25) is 5.02 Å². The number of esters is 1. The lowest BCUT2D eigenvalue weighted by molar-refractivity contribution is -0.384. The third-order valence-corrected chi connectivity index (χ3v) is 10.5. The van der Waals surface area contributed by atoms with Crippen molar-refractivity contribution in [3.8, 4) is 0 Å². The summed E-state index contributed by atoms with van der Waals surface area (Å²) in [7, 11) is 0. The van der Waals surface area contributed by atoms with Crippen LogP contribution < -0.4 is 0 Å². The van der Waals surface area contributed by atoms with E-state index < -0.39 is 40.4 Å². The molecule has 3 fully saturated rings. The van der Waals surface area contributed by atoms with Crippen LogP contribution in [0.1, 0.15) is 69.2 Å². The molecule has 0 saturated heterocycles. The molecule has 0 bridgehead atoms. The number of fused-ring (bicyclic) bond motifs is 5. The highest BCUT2D eigenvalue weighted by Crippen LogP contribution is 2.67. The minimum absolute atomic E-state index is 0.000622. The molecule has 1 unspecified atom stereocenters. The number of aliphatic hydroxyl groups excluding tert-OH is 1. The molecule has 204 valence electrons. The first-order valence-electron chi connectivity index (χ1n) is 13.1. The molecule has 0 amide bonds. The first-order valence-corrected chi connectivity index (χ1v) is 13.5. The fraction of sp³-hybridized carbons (Fsp3) is 0.607. The van der Waals surface area contributed by atoms with Crippen LogP contribution in [-0.2, 0) is 14.3 Å². The standard InChI is InChI=1S/C28H32ClNO8/c1-26-9-7-17(31)11-15(26)3-5-18-20-8-10-28(35,27(20,2)13-22(32)24(18)26)23(33)14-38-25(34)19-6-4-16(30(36)37)12-21(19)29/h4,6,11-12,18,20,22,24,32,35H,3,5,7-10,13-14H2,1-2H3/t18-,20-,22?,24+,26-,27-,28-/m0/s1. The number of nitrogens with zero attached hydrogens (tertiary/aromatic N) is 1. The SMILES string of the molecule is C[C@]12CCC(=O)C=C1CC[C@@H]1[C@@H]2C(O)C[C@@]2(C)[C@H]1CC[C@]2(O)C(=O)COC(=O)c1ccc([N+](=O)[O-])cc1Cl. The molecule has 10 heteroatoms. The molecule has 1 aromatic rings. The number of benzene rings is 1. The summed E-state index contributed by atoms with van der Waals surface area (Å²) in [6, 6.07) is 3.31. The highest BCUT2D eigenvalue weighted by Gasteiger charge is 2.68. The van der Waals surface area contributed by atoms with Gasteiger partial charge in [0.2, 0.25) is 5.78 Å². The highest BCUT2D eigenvalue weighted by atomic mass is 35.5. The van der Waals surface area contributed by atoms with Gasteiger partial charge in [0, 0.05) is 24.0 Å². The minimum atomic E-state index is -1.78. The van der Waals surface area contributed by atoms with Crippen LogP contribution in [0.3, 0.4) is 0 Å². The van der Waals surface area contributed by atoms with Crippen molar-refractivity contribution in [1.82, 2.24) is 0 Å². The Morgan fingerprint density at radius 3 is 2.63 bits per heavy atom. The summed E-state index contributed by atoms with van der Waals surface area (Å²) in [5.74, 6) is -1.37. The third kappa shape index (κ3) is 3.93. The largest absolute Gasteiger partial charge is 0.454 e. The van der Waals surface area contributed by atoms with Crippen molar-refractivity contribution in [2.75, 3.05) is 6.61 Å². The van der Waals surface area contributed by atoms with E-state index in [1.807, 2.05) is 6.92 Å². The normalized spacial score (nSPS) is 37.9. The average molecular weight is 546 g/mol. The minimum Gasteiger partial charge on any atom is -0.454 e. The van der Waals surface area contributed by atoms with Gasteiger partial charge in [0.25, 0.3) is 5.69 Å². The zero-order valence-electron chi connectivity index (χ0n) is 21.4. The first kappa shape index (κ1) is 27.0. The first-order chi connectivity index (χ1) is 17.8. The summed E-state index contributed by atoms with van der Waals surface area (Å²) in [4.78, 5) is 48.3. The van der Waals surface area contributed by atoms with E-state index in [4.69, 9.17) is 16.3 Å². The molecule has 2 N–H and O–H groups in total. The van der Waals surface area contributed by atoms with Crippen molar-refractivity contribution < 1.29 is 34.3 Å². The van der Waals surface area contributed by atoms with Gasteiger partial charge in [-0.15, -0.1) is 0 Å². The summed E-state index contributed by atoms with van der Waals surface area (Å²) in [6.07, 6.45) is 4.78. The lowest BCUT2D eigenvalue weighted by Crippen LogP contribution is -2.62. The number of hydrogen-bond donors (Lipinski definition) is 2. The van der Waals surface area contributed by atoms with E-state index >= 15 is 0 Å². The van der Waals surface area contributed by atoms with E-state index in [0.717, 1.165) is 36.6 Å². The molecule has 9 nitrogen and oxygen atoms in total. The van der Waals surface area contributed by atoms with Crippen molar-refractivity contribution in [1.29, 1.82) is 0 Å². The van der Waals surface area contributed by atoms with Gasteiger partial charge in [-0.3, -0.25) is 19.7 Å². The van der Waals surface area contributed by atoms with Gasteiger partial charge in [0.05, 0.1) is 21.6 Å². The van der Waals surface area contributed by atoms with Crippen LogP contribution in [0.25, 0.3) is 0 Å². The van der Waals surface area contributed by atoms with Crippen LogP contribution in [-0.4, -0.2) is 51.0 Å². The second-order valence-electron chi connectivity index (χ2n) is 11.9. The van der Waals surface area contributed by atoms with E-state index in [2.05, 4.69) is 6.92 Å². The maximum Gasteiger partial charge on any atom is 0.340 e. The molecule has 0 aromatic heterocycles. The van der Waals surface area contributed by atoms with Gasteiger partial charge >= 0.3 is 5.97 Å². The molecule has 4 aliphatic rings. The second kappa shape index (κ2) is 9.24. The fourth-order valence-corrected chi connectivity index (χ4v) is 8.51. The van der Waals surface area contributed by atoms with Crippen molar-refractivity contribution in [2.24, 2.45) is 28.6 Å². The number of aliphatic hydroxyl groups is 2. The maximum atomic E-state index is 13.4. The number of allylic oxidation sites excluding steroid dienone is 1. The number of hydrogen-bond acceptors (Lipinski definition) is 8. The highest BCUT2D eigenvalue weighted by molar-refractivity contribution is 6.33. The van der Waals surface area contributed by atoms with Crippen LogP contribution in [0.5, 0.6) is 0 Å². The zero-order chi connectivity index (χ0) is 27.6. The molecule has 1 aromatic carbocycles. The Balaban J connectivity index is 1.33. The van der Waals surface area contributed by atoms with E-state index in [9.17, 15) is 34.7 Å². The molecule has 7 atom stereocenters. The quantitative estimate of drug-likeness (QED) is 0.318. The number of nitro groups is 1. The summed E-state index contributed by atoms with van der Waals surface area (Å²) in [6.45, 7) is 3.32. The maximum absolute atomic E-state index is 13.4. The molecule has 0 spiro atoms. The molecule has 0 radical (unpaired) electrons. The number of non-ortho nitro benzene ring substituents is 1. The number of Topliss-reactive ketones (excluding diaryl/α,β-unsaturated/α-hetero) is 1. The molecule has 0 heterocycles. The molecule has 4 aliphatic carbocycles. The van der Waals surface area contributed by atoms with E-state index in [-0.39, 0.29) is 58.1 Å².